The number of primary amides is 1. The zero-order valence-corrected chi connectivity index (χ0v) is 14.5. The summed E-state index contributed by atoms with van der Waals surface area (Å²) in [7, 11) is 0. The fourth-order valence-corrected chi connectivity index (χ4v) is 3.05. The van der Waals surface area contributed by atoms with Gasteiger partial charge in [-0.05, 0) is 24.6 Å². The third-order valence-corrected chi connectivity index (χ3v) is 4.44. The number of nitrogens with zero attached hydrogens (tertiary/aromatic N) is 3. The Bertz CT molecular complexity index is 1120. The van der Waals surface area contributed by atoms with Crippen molar-refractivity contribution in [1.29, 1.82) is 5.26 Å². The average Bonchev–Trinajstić information content (AvgIpc) is 2.91. The molecule has 0 aliphatic heterocycles. The molecule has 1 amide bonds. The molecule has 0 unspecified atom stereocenters. The van der Waals surface area contributed by atoms with E-state index in [-0.39, 0.29) is 11.3 Å². The molecule has 7 nitrogen and oxygen atoms in total. The highest BCUT2D eigenvalue weighted by Crippen LogP contribution is 2.29. The quantitative estimate of drug-likeness (QED) is 0.325. The van der Waals surface area contributed by atoms with Gasteiger partial charge >= 0.3 is 0 Å². The molecule has 0 spiro atoms. The van der Waals surface area contributed by atoms with Crippen molar-refractivity contribution in [3.05, 3.63) is 81.0 Å². The van der Waals surface area contributed by atoms with Crippen molar-refractivity contribution in [3.8, 4) is 6.07 Å². The summed E-state index contributed by atoms with van der Waals surface area (Å²) in [5.41, 5.74) is 8.64. The van der Waals surface area contributed by atoms with E-state index in [2.05, 4.69) is 0 Å². The van der Waals surface area contributed by atoms with Crippen molar-refractivity contribution in [2.45, 2.75) is 13.5 Å². The minimum Gasteiger partial charge on any atom is -0.365 e. The number of para-hydroxylation sites is 1. The van der Waals surface area contributed by atoms with Gasteiger partial charge in [0, 0.05) is 40.8 Å². The third kappa shape index (κ3) is 3.41. The summed E-state index contributed by atoms with van der Waals surface area (Å²) in [5.74, 6) is -0.774. The number of non-ortho nitro benzene ring substituents is 1. The Labute approximate surface area is 155 Å². The van der Waals surface area contributed by atoms with E-state index in [9.17, 15) is 14.9 Å². The first-order valence-corrected chi connectivity index (χ1v) is 8.15. The van der Waals surface area contributed by atoms with Crippen molar-refractivity contribution < 1.29 is 9.72 Å². The Morgan fingerprint density at radius 1 is 1.26 bits per heavy atom. The van der Waals surface area contributed by atoms with Crippen molar-refractivity contribution in [1.82, 2.24) is 4.57 Å². The van der Waals surface area contributed by atoms with Gasteiger partial charge in [0.2, 0.25) is 0 Å². The van der Waals surface area contributed by atoms with Crippen molar-refractivity contribution in [2.24, 2.45) is 5.73 Å². The van der Waals surface area contributed by atoms with E-state index in [0.717, 1.165) is 27.7 Å². The Hall–Kier alpha value is -3.92. The molecular formula is C20H16N4O3. The van der Waals surface area contributed by atoms with E-state index in [4.69, 9.17) is 11.0 Å². The molecular weight excluding hydrogens is 344 g/mol. The van der Waals surface area contributed by atoms with E-state index in [1.54, 1.807) is 12.1 Å². The minimum absolute atomic E-state index is 0.0385. The van der Waals surface area contributed by atoms with E-state index < -0.39 is 10.8 Å². The van der Waals surface area contributed by atoms with Crippen LogP contribution in [0.25, 0.3) is 17.0 Å². The van der Waals surface area contributed by atoms with Crippen LogP contribution < -0.4 is 5.73 Å². The molecule has 7 heteroatoms. The fourth-order valence-electron chi connectivity index (χ4n) is 3.05. The number of carbonyl (C=O) groups is 1. The van der Waals surface area contributed by atoms with Crippen LogP contribution in [0.2, 0.25) is 0 Å². The molecule has 0 saturated carbocycles. The lowest BCUT2D eigenvalue weighted by atomic mass is 10.1. The number of benzene rings is 2. The number of nitro groups is 1. The summed E-state index contributed by atoms with van der Waals surface area (Å²) in [6, 6.07) is 15.8. The predicted octanol–water partition coefficient (Wildman–Crippen LogP) is 3.30. The van der Waals surface area contributed by atoms with Crippen LogP contribution >= 0.6 is 0 Å². The monoisotopic (exact) mass is 360 g/mol. The predicted molar refractivity (Wildman–Crippen MR) is 102 cm³/mol. The molecule has 0 saturated heterocycles. The van der Waals surface area contributed by atoms with Crippen LogP contribution in [-0.4, -0.2) is 15.4 Å². The average molecular weight is 360 g/mol. The largest absolute Gasteiger partial charge is 0.365 e. The molecule has 1 heterocycles. The number of aromatic nitrogens is 1. The molecule has 0 fully saturated rings. The maximum Gasteiger partial charge on any atom is 0.269 e. The molecule has 0 atom stereocenters. The minimum atomic E-state index is -0.774. The van der Waals surface area contributed by atoms with Crippen molar-refractivity contribution in [2.75, 3.05) is 0 Å². The van der Waals surface area contributed by atoms with Crippen LogP contribution in [0.1, 0.15) is 16.8 Å². The molecule has 2 aromatic carbocycles. The molecule has 134 valence electrons. The lowest BCUT2D eigenvalue weighted by molar-refractivity contribution is -0.384. The van der Waals surface area contributed by atoms with Gasteiger partial charge in [0.05, 0.1) is 4.92 Å². The van der Waals surface area contributed by atoms with Crippen LogP contribution in [0, 0.1) is 28.4 Å². The number of nitro benzene ring substituents is 1. The standard InChI is InChI=1S/C20H16N4O3/c1-13-18(10-15(11-21)20(22)25)17-4-2-3-5-19(17)23(13)12-14-6-8-16(9-7-14)24(26)27/h2-10H,12H2,1H3,(H2,22,25)/b15-10+. The van der Waals surface area contributed by atoms with Gasteiger partial charge < -0.3 is 10.3 Å². The van der Waals surface area contributed by atoms with Gasteiger partial charge in [0.15, 0.2) is 0 Å². The molecule has 0 aliphatic carbocycles. The molecule has 2 N–H and O–H groups in total. The molecule has 0 bridgehead atoms. The zero-order valence-electron chi connectivity index (χ0n) is 14.5. The van der Waals surface area contributed by atoms with Crippen LogP contribution in [-0.2, 0) is 11.3 Å². The molecule has 0 aliphatic rings. The van der Waals surface area contributed by atoms with Gasteiger partial charge in [0.1, 0.15) is 11.6 Å². The SMILES string of the molecule is Cc1c(/C=C(\C#N)C(N)=O)c2ccccc2n1Cc1ccc([N+](=O)[O-])cc1. The highest BCUT2D eigenvalue weighted by Gasteiger charge is 2.15. The first kappa shape index (κ1) is 17.9. The van der Waals surface area contributed by atoms with E-state index >= 15 is 0 Å². The second-order valence-corrected chi connectivity index (χ2v) is 6.06. The van der Waals surface area contributed by atoms with Gasteiger partial charge in [-0.2, -0.15) is 5.26 Å². The van der Waals surface area contributed by atoms with Crippen molar-refractivity contribution in [3.63, 3.8) is 0 Å². The van der Waals surface area contributed by atoms with Crippen LogP contribution in [0.5, 0.6) is 0 Å². The number of nitriles is 1. The van der Waals surface area contributed by atoms with E-state index in [1.807, 2.05) is 41.8 Å². The normalized spacial score (nSPS) is 11.3. The second kappa shape index (κ2) is 7.14. The lowest BCUT2D eigenvalue weighted by Gasteiger charge is -2.09. The summed E-state index contributed by atoms with van der Waals surface area (Å²) in [4.78, 5) is 21.8. The Kier molecular flexibility index (Phi) is 4.73. The number of nitrogens with two attached hydrogens (primary N) is 1. The smallest absolute Gasteiger partial charge is 0.269 e. The summed E-state index contributed by atoms with van der Waals surface area (Å²) in [5, 5.41) is 20.9. The molecule has 3 rings (SSSR count). The number of carbonyl (C=O) groups excluding carboxylic acids is 1. The molecule has 27 heavy (non-hydrogen) atoms. The highest BCUT2D eigenvalue weighted by atomic mass is 16.6. The Balaban J connectivity index is 2.11. The number of rotatable bonds is 5. The van der Waals surface area contributed by atoms with Crippen LogP contribution in [0.3, 0.4) is 0 Å². The zero-order chi connectivity index (χ0) is 19.6. The molecule has 0 radical (unpaired) electrons. The van der Waals surface area contributed by atoms with Crippen LogP contribution in [0.15, 0.2) is 54.1 Å². The number of hydrogen-bond donors (Lipinski definition) is 1. The topological polar surface area (TPSA) is 115 Å². The molecule has 3 aromatic rings. The maximum atomic E-state index is 11.4. The first-order valence-electron chi connectivity index (χ1n) is 8.15. The third-order valence-electron chi connectivity index (χ3n) is 4.44. The number of fused-ring (bicyclic) bond motifs is 1. The second-order valence-electron chi connectivity index (χ2n) is 6.06. The lowest BCUT2D eigenvalue weighted by Crippen LogP contribution is -2.12. The Morgan fingerprint density at radius 3 is 2.52 bits per heavy atom. The van der Waals surface area contributed by atoms with Crippen molar-refractivity contribution >= 4 is 28.6 Å². The summed E-state index contributed by atoms with van der Waals surface area (Å²) in [6.45, 7) is 2.39. The van der Waals surface area contributed by atoms with Gasteiger partial charge in [-0.1, -0.05) is 30.3 Å². The van der Waals surface area contributed by atoms with Gasteiger partial charge in [-0.25, -0.2) is 0 Å². The number of hydrogen-bond acceptors (Lipinski definition) is 4. The van der Waals surface area contributed by atoms with E-state index in [0.29, 0.717) is 6.54 Å². The fraction of sp³-hybridized carbons (Fsp3) is 0.100. The Morgan fingerprint density at radius 2 is 1.93 bits per heavy atom. The molecule has 1 aromatic heterocycles. The summed E-state index contributed by atoms with van der Waals surface area (Å²) < 4.78 is 2.04. The highest BCUT2D eigenvalue weighted by molar-refractivity contribution is 6.03. The summed E-state index contributed by atoms with van der Waals surface area (Å²) in [6.07, 6.45) is 1.51. The number of amides is 1. The van der Waals surface area contributed by atoms with Gasteiger partial charge in [-0.3, -0.25) is 14.9 Å². The maximum absolute atomic E-state index is 11.4. The van der Waals surface area contributed by atoms with Gasteiger partial charge in [0.25, 0.3) is 11.6 Å². The van der Waals surface area contributed by atoms with Crippen LogP contribution in [0.4, 0.5) is 5.69 Å². The van der Waals surface area contributed by atoms with Gasteiger partial charge in [-0.15, -0.1) is 0 Å². The summed E-state index contributed by atoms with van der Waals surface area (Å²) >= 11 is 0. The van der Waals surface area contributed by atoms with E-state index in [1.165, 1.54) is 18.2 Å². The first-order chi connectivity index (χ1) is 12.9.